The Balaban J connectivity index is 1.71. The van der Waals surface area contributed by atoms with Gasteiger partial charge in [-0.05, 0) is 33.1 Å². The van der Waals surface area contributed by atoms with Crippen molar-refractivity contribution >= 4 is 11.2 Å². The van der Waals surface area contributed by atoms with Gasteiger partial charge in [-0.2, -0.15) is 0 Å². The number of aromatic nitrogens is 6. The molecule has 0 radical (unpaired) electrons. The fourth-order valence-electron chi connectivity index (χ4n) is 3.82. The van der Waals surface area contributed by atoms with E-state index in [0.29, 0.717) is 11.6 Å². The van der Waals surface area contributed by atoms with E-state index in [9.17, 15) is 0 Å². The van der Waals surface area contributed by atoms with E-state index in [1.165, 1.54) is 6.42 Å². The minimum Gasteiger partial charge on any atom is -0.381 e. The van der Waals surface area contributed by atoms with E-state index in [1.807, 2.05) is 13.8 Å². The lowest BCUT2D eigenvalue weighted by atomic mass is 9.99. The highest BCUT2D eigenvalue weighted by Gasteiger charge is 2.24. The first-order chi connectivity index (χ1) is 12.7. The minimum absolute atomic E-state index is 0.310. The summed E-state index contributed by atoms with van der Waals surface area (Å²) in [6.45, 7) is 6.51. The number of fused-ring (bicyclic) bond motifs is 2. The molecule has 7 nitrogen and oxygen atoms in total. The van der Waals surface area contributed by atoms with Gasteiger partial charge in [-0.15, -0.1) is 0 Å². The Labute approximate surface area is 151 Å². The third kappa shape index (κ3) is 2.58. The van der Waals surface area contributed by atoms with Crippen LogP contribution in [0.4, 0.5) is 0 Å². The van der Waals surface area contributed by atoms with Gasteiger partial charge in [0.25, 0.3) is 0 Å². The highest BCUT2D eigenvalue weighted by Crippen LogP contribution is 2.30. The van der Waals surface area contributed by atoms with Crippen molar-refractivity contribution in [2.75, 3.05) is 13.2 Å². The Bertz CT molecular complexity index is 968. The molecule has 134 valence electrons. The molecule has 5 rings (SSSR count). The van der Waals surface area contributed by atoms with Gasteiger partial charge < -0.3 is 9.30 Å². The first-order valence-electron chi connectivity index (χ1n) is 9.36. The number of nitrogens with zero attached hydrogens (tertiary/aromatic N) is 6. The van der Waals surface area contributed by atoms with Crippen LogP contribution >= 0.6 is 0 Å². The van der Waals surface area contributed by atoms with Crippen LogP contribution in [0.5, 0.6) is 0 Å². The van der Waals surface area contributed by atoms with Gasteiger partial charge in [-0.25, -0.2) is 24.9 Å². The van der Waals surface area contributed by atoms with Gasteiger partial charge in [0.15, 0.2) is 5.65 Å². The maximum atomic E-state index is 5.50. The van der Waals surface area contributed by atoms with Gasteiger partial charge in [0.1, 0.15) is 28.6 Å². The summed E-state index contributed by atoms with van der Waals surface area (Å²) in [6, 6.07) is 0. The standard InChI is InChI=1S/C19H22N6O/c1-11-12(2)21-19-17(20-11)16(14-10-25-7-3-4-15(25)22-14)23-18(24-19)13-5-8-26-9-6-13/h10,13H,3-9H2,1-2H3. The van der Waals surface area contributed by atoms with Crippen LogP contribution in [0.1, 0.15) is 48.2 Å². The van der Waals surface area contributed by atoms with Crippen molar-refractivity contribution in [3.05, 3.63) is 29.2 Å². The summed E-state index contributed by atoms with van der Waals surface area (Å²) in [6.07, 6.45) is 6.19. The van der Waals surface area contributed by atoms with Gasteiger partial charge in [-0.3, -0.25) is 0 Å². The smallest absolute Gasteiger partial charge is 0.182 e. The number of aryl methyl sites for hydroxylation is 4. The highest BCUT2D eigenvalue weighted by atomic mass is 16.5. The SMILES string of the molecule is Cc1nc2nc(C3CCOCC3)nc(-c3cn4c(n3)CCC4)c2nc1C. The van der Waals surface area contributed by atoms with Crippen molar-refractivity contribution < 1.29 is 4.74 Å². The summed E-state index contributed by atoms with van der Waals surface area (Å²) in [7, 11) is 0. The highest BCUT2D eigenvalue weighted by molar-refractivity contribution is 5.85. The van der Waals surface area contributed by atoms with Crippen molar-refractivity contribution in [3.8, 4) is 11.4 Å². The molecule has 0 unspecified atom stereocenters. The van der Waals surface area contributed by atoms with E-state index in [2.05, 4.69) is 10.8 Å². The Kier molecular flexibility index (Phi) is 3.70. The van der Waals surface area contributed by atoms with Crippen molar-refractivity contribution in [2.24, 2.45) is 0 Å². The largest absolute Gasteiger partial charge is 0.381 e. The number of hydrogen-bond acceptors (Lipinski definition) is 6. The maximum Gasteiger partial charge on any atom is 0.182 e. The van der Waals surface area contributed by atoms with E-state index >= 15 is 0 Å². The molecule has 0 aliphatic carbocycles. The van der Waals surface area contributed by atoms with Crippen molar-refractivity contribution in [2.45, 2.75) is 52.0 Å². The average molecular weight is 350 g/mol. The van der Waals surface area contributed by atoms with Crippen LogP contribution in [-0.2, 0) is 17.7 Å². The maximum absolute atomic E-state index is 5.50. The Morgan fingerprint density at radius 1 is 1.00 bits per heavy atom. The van der Waals surface area contributed by atoms with Crippen LogP contribution in [0.25, 0.3) is 22.6 Å². The van der Waals surface area contributed by atoms with E-state index < -0.39 is 0 Å². The lowest BCUT2D eigenvalue weighted by Gasteiger charge is -2.21. The number of hydrogen-bond donors (Lipinski definition) is 0. The zero-order chi connectivity index (χ0) is 17.7. The zero-order valence-corrected chi connectivity index (χ0v) is 15.2. The van der Waals surface area contributed by atoms with Crippen molar-refractivity contribution in [3.63, 3.8) is 0 Å². The van der Waals surface area contributed by atoms with Crippen LogP contribution in [0.3, 0.4) is 0 Å². The van der Waals surface area contributed by atoms with Crippen LogP contribution in [0, 0.1) is 13.8 Å². The molecule has 1 saturated heterocycles. The predicted molar refractivity (Wildman–Crippen MR) is 96.9 cm³/mol. The van der Waals surface area contributed by atoms with Gasteiger partial charge in [0, 0.05) is 38.3 Å². The number of ether oxygens (including phenoxy) is 1. The third-order valence-corrected chi connectivity index (χ3v) is 5.45. The summed E-state index contributed by atoms with van der Waals surface area (Å²) in [5, 5.41) is 0. The lowest BCUT2D eigenvalue weighted by Crippen LogP contribution is -2.17. The summed E-state index contributed by atoms with van der Waals surface area (Å²) in [5.74, 6) is 2.29. The molecule has 7 heteroatoms. The van der Waals surface area contributed by atoms with E-state index in [0.717, 1.165) is 79.0 Å². The molecule has 0 spiro atoms. The molecular weight excluding hydrogens is 328 g/mol. The Morgan fingerprint density at radius 2 is 1.81 bits per heavy atom. The van der Waals surface area contributed by atoms with Gasteiger partial charge in [0.05, 0.1) is 11.4 Å². The Morgan fingerprint density at radius 3 is 2.62 bits per heavy atom. The molecule has 3 aromatic heterocycles. The third-order valence-electron chi connectivity index (χ3n) is 5.45. The van der Waals surface area contributed by atoms with E-state index in [-0.39, 0.29) is 0 Å². The van der Waals surface area contributed by atoms with E-state index in [1.54, 1.807) is 0 Å². The van der Waals surface area contributed by atoms with Crippen LogP contribution < -0.4 is 0 Å². The average Bonchev–Trinajstić information content (AvgIpc) is 3.25. The van der Waals surface area contributed by atoms with Crippen LogP contribution in [0.2, 0.25) is 0 Å². The molecule has 26 heavy (non-hydrogen) atoms. The number of rotatable bonds is 2. The topological polar surface area (TPSA) is 78.6 Å². The van der Waals surface area contributed by atoms with Gasteiger partial charge >= 0.3 is 0 Å². The molecule has 5 heterocycles. The minimum atomic E-state index is 0.310. The first kappa shape index (κ1) is 15.8. The Hall–Kier alpha value is -2.41. The first-order valence-corrected chi connectivity index (χ1v) is 9.36. The summed E-state index contributed by atoms with van der Waals surface area (Å²) in [5.41, 5.74) is 4.95. The molecule has 2 aliphatic rings. The summed E-state index contributed by atoms with van der Waals surface area (Å²) >= 11 is 0. The fourth-order valence-corrected chi connectivity index (χ4v) is 3.82. The molecule has 0 atom stereocenters. The normalized spacial score (nSPS) is 17.8. The molecule has 0 bridgehead atoms. The zero-order valence-electron chi connectivity index (χ0n) is 15.2. The van der Waals surface area contributed by atoms with Crippen molar-refractivity contribution in [1.82, 2.24) is 29.5 Å². The summed E-state index contributed by atoms with van der Waals surface area (Å²) in [4.78, 5) is 24.0. The summed E-state index contributed by atoms with van der Waals surface area (Å²) < 4.78 is 7.73. The molecule has 0 amide bonds. The quantitative estimate of drug-likeness (QED) is 0.707. The van der Waals surface area contributed by atoms with Crippen molar-refractivity contribution in [1.29, 1.82) is 0 Å². The molecular formula is C19H22N6O. The lowest BCUT2D eigenvalue weighted by molar-refractivity contribution is 0.0836. The molecule has 1 fully saturated rings. The fraction of sp³-hybridized carbons (Fsp3) is 0.526. The predicted octanol–water partition coefficient (Wildman–Crippen LogP) is 2.74. The van der Waals surface area contributed by atoms with Crippen LogP contribution in [-0.4, -0.2) is 42.7 Å². The van der Waals surface area contributed by atoms with Gasteiger partial charge in [-0.1, -0.05) is 0 Å². The second-order valence-corrected chi connectivity index (χ2v) is 7.22. The monoisotopic (exact) mass is 350 g/mol. The molecule has 0 N–H and O–H groups in total. The second kappa shape index (κ2) is 6.09. The molecule has 3 aromatic rings. The van der Waals surface area contributed by atoms with Crippen LogP contribution in [0.15, 0.2) is 6.20 Å². The molecule has 2 aliphatic heterocycles. The second-order valence-electron chi connectivity index (χ2n) is 7.22. The van der Waals surface area contributed by atoms with E-state index in [4.69, 9.17) is 29.7 Å². The molecule has 0 saturated carbocycles. The van der Waals surface area contributed by atoms with Gasteiger partial charge in [0.2, 0.25) is 0 Å². The molecule has 0 aromatic carbocycles. The number of imidazole rings is 1.